The zero-order valence-corrected chi connectivity index (χ0v) is 60.9. The van der Waals surface area contributed by atoms with Gasteiger partial charge in [-0.05, 0) is 37.5 Å². The molecule has 0 radical (unpaired) electrons. The lowest BCUT2D eigenvalue weighted by Gasteiger charge is -2.21. The molecule has 0 spiro atoms. The topological polar surface area (TPSA) is 237 Å². The monoisotopic (exact) mass is 1340 g/mol. The molecule has 7 atom stereocenters. The number of phosphoric acid groups is 2. The number of hydrogen-bond acceptors (Lipinski definition) is 15. The molecule has 17 nitrogen and oxygen atoms in total. The lowest BCUT2D eigenvalue weighted by Crippen LogP contribution is -2.30. The molecule has 91 heavy (non-hydrogen) atoms. The van der Waals surface area contributed by atoms with E-state index >= 15 is 0 Å². The fraction of sp³-hybridized carbons (Fsp3) is 0.944. The number of phosphoric ester groups is 2. The van der Waals surface area contributed by atoms with Crippen molar-refractivity contribution in [3.63, 3.8) is 0 Å². The molecular formula is C72H140O17P2. The number of rotatable bonds is 71. The van der Waals surface area contributed by atoms with E-state index < -0.39 is 97.5 Å². The Labute approximate surface area is 556 Å². The summed E-state index contributed by atoms with van der Waals surface area (Å²) >= 11 is 0. The highest BCUT2D eigenvalue weighted by molar-refractivity contribution is 7.47. The highest BCUT2D eigenvalue weighted by Crippen LogP contribution is 2.45. The van der Waals surface area contributed by atoms with Gasteiger partial charge >= 0.3 is 39.5 Å². The molecule has 0 bridgehead atoms. The van der Waals surface area contributed by atoms with E-state index in [1.807, 2.05) is 0 Å². The number of carbonyl (C=O) groups is 4. The first-order chi connectivity index (χ1) is 43.9. The van der Waals surface area contributed by atoms with Crippen LogP contribution < -0.4 is 0 Å². The Bertz CT molecular complexity index is 1770. The summed E-state index contributed by atoms with van der Waals surface area (Å²) in [7, 11) is -9.90. The minimum atomic E-state index is -4.95. The van der Waals surface area contributed by atoms with Gasteiger partial charge in [-0.3, -0.25) is 37.3 Å². The Hall–Kier alpha value is -1.94. The molecule has 0 aromatic rings. The number of esters is 4. The van der Waals surface area contributed by atoms with E-state index in [-0.39, 0.29) is 25.7 Å². The van der Waals surface area contributed by atoms with Gasteiger partial charge in [0.25, 0.3) is 0 Å². The van der Waals surface area contributed by atoms with Gasteiger partial charge in [0, 0.05) is 25.7 Å². The summed E-state index contributed by atoms with van der Waals surface area (Å²) in [4.78, 5) is 72.6. The molecule has 0 aliphatic rings. The van der Waals surface area contributed by atoms with Crippen LogP contribution in [0.2, 0.25) is 0 Å². The van der Waals surface area contributed by atoms with Gasteiger partial charge in [-0.2, -0.15) is 0 Å². The largest absolute Gasteiger partial charge is 0.472 e. The Kier molecular flexibility index (Phi) is 62.7. The molecule has 0 rings (SSSR count). The SMILES string of the molecule is CCCCCCCCCCCCCCCCCCCCCC(=O)O[C@H](COC(=O)CCCCCCCCCCC(C)CC)COP(=O)(O)OC[C@@H](O)COP(=O)(O)OC[C@@H](COC(=O)CCCCCCCCCCCC)OC(=O)CCCCCCCCC(C)CC. The first-order valence-electron chi connectivity index (χ1n) is 37.6. The van der Waals surface area contributed by atoms with Crippen LogP contribution in [0.3, 0.4) is 0 Å². The van der Waals surface area contributed by atoms with Crippen LogP contribution in [0.4, 0.5) is 0 Å². The molecule has 0 fully saturated rings. The van der Waals surface area contributed by atoms with E-state index in [0.717, 1.165) is 102 Å². The second-order valence-corrected chi connectivity index (χ2v) is 29.4. The van der Waals surface area contributed by atoms with Crippen molar-refractivity contribution in [1.29, 1.82) is 0 Å². The molecule has 0 amide bonds. The molecular weight excluding hydrogens is 1200 g/mol. The van der Waals surface area contributed by atoms with Gasteiger partial charge in [-0.1, -0.05) is 318 Å². The van der Waals surface area contributed by atoms with Crippen molar-refractivity contribution in [2.45, 2.75) is 387 Å². The minimum absolute atomic E-state index is 0.103. The van der Waals surface area contributed by atoms with Crippen molar-refractivity contribution < 1.29 is 80.2 Å². The van der Waals surface area contributed by atoms with Crippen LogP contribution in [0.1, 0.15) is 369 Å². The maximum atomic E-state index is 13.0. The highest BCUT2D eigenvalue weighted by atomic mass is 31.2. The molecule has 4 unspecified atom stereocenters. The average molecular weight is 1340 g/mol. The molecule has 0 aliphatic carbocycles. The van der Waals surface area contributed by atoms with Crippen molar-refractivity contribution in [2.24, 2.45) is 11.8 Å². The molecule has 0 aromatic carbocycles. The normalized spacial score (nSPS) is 14.7. The maximum absolute atomic E-state index is 13.0. The van der Waals surface area contributed by atoms with Gasteiger partial charge in [0.15, 0.2) is 12.2 Å². The van der Waals surface area contributed by atoms with Crippen LogP contribution in [-0.2, 0) is 65.4 Å². The number of carbonyl (C=O) groups excluding carboxylic acids is 4. The fourth-order valence-corrected chi connectivity index (χ4v) is 12.5. The Morgan fingerprint density at radius 2 is 0.527 bits per heavy atom. The fourth-order valence-electron chi connectivity index (χ4n) is 10.9. The third kappa shape index (κ3) is 63.9. The number of aliphatic hydroxyl groups is 1. The lowest BCUT2D eigenvalue weighted by molar-refractivity contribution is -0.161. The molecule has 3 N–H and O–H groups in total. The van der Waals surface area contributed by atoms with Crippen LogP contribution in [0.25, 0.3) is 0 Å². The predicted molar refractivity (Wildman–Crippen MR) is 368 cm³/mol. The smallest absolute Gasteiger partial charge is 0.462 e. The lowest BCUT2D eigenvalue weighted by atomic mass is 9.99. The van der Waals surface area contributed by atoms with Gasteiger partial charge in [0.05, 0.1) is 26.4 Å². The molecule has 0 aliphatic heterocycles. The maximum Gasteiger partial charge on any atom is 0.472 e. The van der Waals surface area contributed by atoms with E-state index in [0.29, 0.717) is 25.7 Å². The van der Waals surface area contributed by atoms with Crippen molar-refractivity contribution in [2.75, 3.05) is 39.6 Å². The van der Waals surface area contributed by atoms with Gasteiger partial charge in [-0.15, -0.1) is 0 Å². The Morgan fingerprint density at radius 3 is 0.780 bits per heavy atom. The third-order valence-corrected chi connectivity index (χ3v) is 19.3. The Morgan fingerprint density at radius 1 is 0.308 bits per heavy atom. The summed E-state index contributed by atoms with van der Waals surface area (Å²) in [6.07, 6.45) is 50.0. The van der Waals surface area contributed by atoms with Crippen LogP contribution in [0.15, 0.2) is 0 Å². The number of aliphatic hydroxyl groups excluding tert-OH is 1. The molecule has 540 valence electrons. The first kappa shape index (κ1) is 89.1. The van der Waals surface area contributed by atoms with Gasteiger partial charge < -0.3 is 33.8 Å². The van der Waals surface area contributed by atoms with Crippen molar-refractivity contribution in [1.82, 2.24) is 0 Å². The van der Waals surface area contributed by atoms with Crippen LogP contribution in [0, 0.1) is 11.8 Å². The van der Waals surface area contributed by atoms with Crippen LogP contribution in [0.5, 0.6) is 0 Å². The standard InChI is InChI=1S/C72H140O17P2/c1-7-11-13-15-17-19-21-22-23-24-25-26-27-28-29-31-37-44-50-56-71(76)88-67(60-83-70(75)55-49-43-36-33-32-34-40-46-52-64(5)9-3)62-86-90(78,79)84-58-66(73)59-85-91(80,81)87-63-68(89-72(77)57-51-45-39-38-41-47-53-65(6)10-4)61-82-69(74)54-48-42-35-30-20-18-16-14-12-8-2/h64-68,73H,7-63H2,1-6H3,(H,78,79)(H,80,81)/t64?,65?,66-,67-,68-/m1/s1. The average Bonchev–Trinajstić information content (AvgIpc) is 3.74. The Balaban J connectivity index is 5.21. The summed E-state index contributed by atoms with van der Waals surface area (Å²) in [5.74, 6) is -0.627. The second-order valence-electron chi connectivity index (χ2n) is 26.5. The van der Waals surface area contributed by atoms with E-state index in [1.54, 1.807) is 0 Å². The number of ether oxygens (including phenoxy) is 4. The van der Waals surface area contributed by atoms with Crippen molar-refractivity contribution >= 4 is 39.5 Å². The summed E-state index contributed by atoms with van der Waals surface area (Å²) in [6.45, 7) is 9.51. The van der Waals surface area contributed by atoms with Gasteiger partial charge in [0.2, 0.25) is 0 Å². The molecule has 0 saturated heterocycles. The van der Waals surface area contributed by atoms with E-state index in [1.165, 1.54) is 186 Å². The van der Waals surface area contributed by atoms with Gasteiger partial charge in [0.1, 0.15) is 19.3 Å². The molecule has 0 heterocycles. The zero-order valence-electron chi connectivity index (χ0n) is 59.1. The van der Waals surface area contributed by atoms with Gasteiger partial charge in [-0.25, -0.2) is 9.13 Å². The quantitative estimate of drug-likeness (QED) is 0.0222. The van der Waals surface area contributed by atoms with Crippen LogP contribution in [-0.4, -0.2) is 96.7 Å². The molecule has 19 heteroatoms. The summed E-state index contributed by atoms with van der Waals surface area (Å²) in [5, 5.41) is 10.6. The summed E-state index contributed by atoms with van der Waals surface area (Å²) < 4.78 is 68.3. The highest BCUT2D eigenvalue weighted by Gasteiger charge is 2.30. The first-order valence-corrected chi connectivity index (χ1v) is 40.6. The minimum Gasteiger partial charge on any atom is -0.462 e. The third-order valence-electron chi connectivity index (χ3n) is 17.4. The zero-order chi connectivity index (χ0) is 67.2. The van der Waals surface area contributed by atoms with Crippen molar-refractivity contribution in [3.8, 4) is 0 Å². The predicted octanol–water partition coefficient (Wildman–Crippen LogP) is 20.8. The van der Waals surface area contributed by atoms with E-state index in [4.69, 9.17) is 37.0 Å². The van der Waals surface area contributed by atoms with E-state index in [9.17, 15) is 43.2 Å². The number of hydrogen-bond donors (Lipinski definition) is 3. The van der Waals surface area contributed by atoms with Crippen LogP contribution >= 0.6 is 15.6 Å². The number of unbranched alkanes of at least 4 members (excludes halogenated alkanes) is 39. The molecule has 0 aromatic heterocycles. The van der Waals surface area contributed by atoms with Crippen molar-refractivity contribution in [3.05, 3.63) is 0 Å². The summed E-state index contributed by atoms with van der Waals surface area (Å²) in [5.41, 5.74) is 0. The summed E-state index contributed by atoms with van der Waals surface area (Å²) in [6, 6.07) is 0. The molecule has 0 saturated carbocycles. The van der Waals surface area contributed by atoms with E-state index in [2.05, 4.69) is 41.5 Å². The second kappa shape index (κ2) is 64.1.